The third-order valence-electron chi connectivity index (χ3n) is 2.01. The highest BCUT2D eigenvalue weighted by molar-refractivity contribution is 5.82. The van der Waals surface area contributed by atoms with E-state index in [2.05, 4.69) is 5.32 Å². The number of benzene rings is 1. The van der Waals surface area contributed by atoms with Gasteiger partial charge in [0.1, 0.15) is 17.7 Å². The van der Waals surface area contributed by atoms with Gasteiger partial charge in [-0.25, -0.2) is 8.78 Å². The summed E-state index contributed by atoms with van der Waals surface area (Å²) in [6, 6.07) is 2.44. The summed E-state index contributed by atoms with van der Waals surface area (Å²) in [6.07, 6.45) is 0.437. The van der Waals surface area contributed by atoms with Crippen LogP contribution >= 0.6 is 0 Å². The van der Waals surface area contributed by atoms with E-state index >= 15 is 0 Å². The molecule has 1 aromatic rings. The van der Waals surface area contributed by atoms with Crippen LogP contribution in [0.2, 0.25) is 0 Å². The van der Waals surface area contributed by atoms with Gasteiger partial charge in [0, 0.05) is 6.07 Å². The Kier molecular flexibility index (Phi) is 3.60. The number of carbonyl (C=O) groups excluding carboxylic acids is 1. The number of carbonyl (C=O) groups is 1. The third-order valence-corrected chi connectivity index (χ3v) is 2.01. The largest absolute Gasteiger partial charge is 0.371 e. The maximum absolute atomic E-state index is 13.2. The van der Waals surface area contributed by atoms with Crippen LogP contribution in [0.1, 0.15) is 13.3 Å². The fourth-order valence-electron chi connectivity index (χ4n) is 1.17. The lowest BCUT2D eigenvalue weighted by Gasteiger charge is -2.14. The molecule has 0 spiro atoms. The molecule has 0 aliphatic carbocycles. The second kappa shape index (κ2) is 4.72. The Morgan fingerprint density at radius 1 is 1.53 bits per heavy atom. The average Bonchev–Trinajstić information content (AvgIpc) is 2.16. The van der Waals surface area contributed by atoms with Gasteiger partial charge in [-0.15, -0.1) is 0 Å². The number of anilines is 1. The molecule has 0 bridgehead atoms. The van der Waals surface area contributed by atoms with Crippen molar-refractivity contribution in [3.8, 4) is 0 Å². The summed E-state index contributed by atoms with van der Waals surface area (Å²) < 4.78 is 25.7. The molecule has 1 rings (SSSR count). The van der Waals surface area contributed by atoms with Gasteiger partial charge in [-0.1, -0.05) is 6.92 Å². The minimum Gasteiger partial charge on any atom is -0.371 e. The quantitative estimate of drug-likeness (QED) is 0.800. The molecule has 15 heavy (non-hydrogen) atoms. The first kappa shape index (κ1) is 11.4. The lowest BCUT2D eigenvalue weighted by molar-refractivity contribution is -0.118. The zero-order chi connectivity index (χ0) is 11.4. The molecule has 1 unspecified atom stereocenters. The lowest BCUT2D eigenvalue weighted by atomic mass is 10.2. The Labute approximate surface area is 86.3 Å². The minimum atomic E-state index is -0.741. The molecule has 1 aromatic carbocycles. The van der Waals surface area contributed by atoms with E-state index < -0.39 is 23.6 Å². The number of nitrogens with two attached hydrogens (primary N) is 1. The van der Waals surface area contributed by atoms with Gasteiger partial charge in [-0.3, -0.25) is 4.79 Å². The van der Waals surface area contributed by atoms with E-state index in [1.54, 1.807) is 6.92 Å². The molecule has 0 radical (unpaired) electrons. The van der Waals surface area contributed by atoms with Crippen LogP contribution in [-0.2, 0) is 4.79 Å². The maximum Gasteiger partial charge on any atom is 0.239 e. The predicted octanol–water partition coefficient (Wildman–Crippen LogP) is 1.64. The maximum atomic E-state index is 13.2. The van der Waals surface area contributed by atoms with E-state index in [0.717, 1.165) is 12.1 Å². The molecule has 3 N–H and O–H groups in total. The van der Waals surface area contributed by atoms with Crippen molar-refractivity contribution in [3.05, 3.63) is 29.8 Å². The molecular weight excluding hydrogens is 202 g/mol. The smallest absolute Gasteiger partial charge is 0.239 e. The van der Waals surface area contributed by atoms with E-state index in [1.807, 2.05) is 0 Å². The molecule has 0 fully saturated rings. The summed E-state index contributed by atoms with van der Waals surface area (Å²) in [5, 5.41) is 2.61. The highest BCUT2D eigenvalue weighted by atomic mass is 19.1. The predicted molar refractivity (Wildman–Crippen MR) is 53.3 cm³/mol. The van der Waals surface area contributed by atoms with Gasteiger partial charge in [0.25, 0.3) is 0 Å². The van der Waals surface area contributed by atoms with Crippen molar-refractivity contribution in [2.45, 2.75) is 19.4 Å². The van der Waals surface area contributed by atoms with Crippen LogP contribution in [0, 0.1) is 11.6 Å². The summed E-state index contributed by atoms with van der Waals surface area (Å²) in [6.45, 7) is 1.74. The Balaban J connectivity index is 2.84. The molecule has 0 saturated carbocycles. The van der Waals surface area contributed by atoms with Gasteiger partial charge in [-0.05, 0) is 18.6 Å². The molecule has 0 aliphatic heterocycles. The topological polar surface area (TPSA) is 55.1 Å². The first-order valence-electron chi connectivity index (χ1n) is 4.55. The fourth-order valence-corrected chi connectivity index (χ4v) is 1.17. The molecule has 1 atom stereocenters. The van der Waals surface area contributed by atoms with Crippen molar-refractivity contribution >= 4 is 11.6 Å². The normalized spacial score (nSPS) is 12.2. The van der Waals surface area contributed by atoms with E-state index in [-0.39, 0.29) is 5.69 Å². The highest BCUT2D eigenvalue weighted by Gasteiger charge is 2.14. The molecule has 0 saturated heterocycles. The van der Waals surface area contributed by atoms with Crippen molar-refractivity contribution in [1.29, 1.82) is 0 Å². The average molecular weight is 214 g/mol. The number of rotatable bonds is 4. The lowest BCUT2D eigenvalue weighted by Crippen LogP contribution is -2.35. The second-order valence-corrected chi connectivity index (χ2v) is 3.13. The number of halogens is 2. The van der Waals surface area contributed by atoms with E-state index in [4.69, 9.17) is 5.73 Å². The first-order chi connectivity index (χ1) is 7.04. The van der Waals surface area contributed by atoms with Gasteiger partial charge < -0.3 is 11.1 Å². The van der Waals surface area contributed by atoms with Crippen molar-refractivity contribution in [3.63, 3.8) is 0 Å². The van der Waals surface area contributed by atoms with Gasteiger partial charge in [0.2, 0.25) is 5.91 Å². The molecule has 0 aliphatic rings. The molecular formula is C10H12F2N2O. The van der Waals surface area contributed by atoms with Crippen molar-refractivity contribution in [2.75, 3.05) is 5.32 Å². The van der Waals surface area contributed by atoms with Crippen LogP contribution < -0.4 is 11.1 Å². The Bertz CT molecular complexity index is 368. The van der Waals surface area contributed by atoms with E-state index in [1.165, 1.54) is 6.07 Å². The molecule has 5 heteroatoms. The number of primary amides is 1. The van der Waals surface area contributed by atoms with Gasteiger partial charge in [0.15, 0.2) is 0 Å². The van der Waals surface area contributed by atoms with Crippen LogP contribution in [0.15, 0.2) is 18.2 Å². The third kappa shape index (κ3) is 2.90. The van der Waals surface area contributed by atoms with Crippen LogP contribution in [0.4, 0.5) is 14.5 Å². The highest BCUT2D eigenvalue weighted by Crippen LogP contribution is 2.16. The summed E-state index contributed by atoms with van der Waals surface area (Å²) in [4.78, 5) is 10.9. The van der Waals surface area contributed by atoms with Crippen LogP contribution in [0.3, 0.4) is 0 Å². The van der Waals surface area contributed by atoms with Crippen molar-refractivity contribution < 1.29 is 13.6 Å². The zero-order valence-electron chi connectivity index (χ0n) is 8.26. The molecule has 0 heterocycles. The molecule has 3 nitrogen and oxygen atoms in total. The van der Waals surface area contributed by atoms with Crippen LogP contribution in [0.5, 0.6) is 0 Å². The number of hydrogen-bond acceptors (Lipinski definition) is 2. The van der Waals surface area contributed by atoms with Gasteiger partial charge in [-0.2, -0.15) is 0 Å². The monoisotopic (exact) mass is 214 g/mol. The first-order valence-corrected chi connectivity index (χ1v) is 4.55. The standard InChI is InChI=1S/C10H12F2N2O/c1-2-8(10(13)15)14-9-4-3-6(11)5-7(9)12/h3-5,8,14H,2H2,1H3,(H2,13,15). The van der Waals surface area contributed by atoms with Gasteiger partial charge >= 0.3 is 0 Å². The number of hydrogen-bond donors (Lipinski definition) is 2. The number of amides is 1. The van der Waals surface area contributed by atoms with Crippen molar-refractivity contribution in [2.24, 2.45) is 5.73 Å². The van der Waals surface area contributed by atoms with E-state index in [9.17, 15) is 13.6 Å². The van der Waals surface area contributed by atoms with Crippen LogP contribution in [0.25, 0.3) is 0 Å². The Morgan fingerprint density at radius 3 is 2.67 bits per heavy atom. The Morgan fingerprint density at radius 2 is 2.20 bits per heavy atom. The van der Waals surface area contributed by atoms with Crippen molar-refractivity contribution in [1.82, 2.24) is 0 Å². The molecule has 82 valence electrons. The summed E-state index contributed by atoms with van der Waals surface area (Å²) in [5.41, 5.74) is 5.15. The summed E-state index contributed by atoms with van der Waals surface area (Å²) in [5.74, 6) is -1.97. The van der Waals surface area contributed by atoms with Crippen LogP contribution in [-0.4, -0.2) is 11.9 Å². The van der Waals surface area contributed by atoms with E-state index in [0.29, 0.717) is 6.42 Å². The SMILES string of the molecule is CCC(Nc1ccc(F)cc1F)C(N)=O. The summed E-state index contributed by atoms with van der Waals surface area (Å²) >= 11 is 0. The Hall–Kier alpha value is -1.65. The molecule has 0 aromatic heterocycles. The molecule has 1 amide bonds. The zero-order valence-corrected chi connectivity index (χ0v) is 8.26. The van der Waals surface area contributed by atoms with Gasteiger partial charge in [0.05, 0.1) is 5.69 Å². The summed E-state index contributed by atoms with van der Waals surface area (Å²) in [7, 11) is 0. The minimum absolute atomic E-state index is 0.0713. The fraction of sp³-hybridized carbons (Fsp3) is 0.300. The number of nitrogens with one attached hydrogen (secondary N) is 1. The second-order valence-electron chi connectivity index (χ2n) is 3.13.